The Morgan fingerprint density at radius 1 is 1.14 bits per heavy atom. The third-order valence-corrected chi connectivity index (χ3v) is 3.11. The van der Waals surface area contributed by atoms with Crippen LogP contribution in [0, 0.1) is 5.82 Å². The van der Waals surface area contributed by atoms with Gasteiger partial charge in [0.05, 0.1) is 11.3 Å². The van der Waals surface area contributed by atoms with Gasteiger partial charge in [-0.15, -0.1) is 5.10 Å². The van der Waals surface area contributed by atoms with E-state index in [1.54, 1.807) is 36.4 Å². The van der Waals surface area contributed by atoms with Crippen LogP contribution in [0.25, 0.3) is 5.69 Å². The zero-order chi connectivity index (χ0) is 15.4. The Morgan fingerprint density at radius 3 is 2.64 bits per heavy atom. The van der Waals surface area contributed by atoms with E-state index in [0.29, 0.717) is 17.8 Å². The summed E-state index contributed by atoms with van der Waals surface area (Å²) in [7, 11) is 0. The Bertz CT molecular complexity index is 771. The number of hydrogen-bond acceptors (Lipinski definition) is 4. The molecule has 7 heteroatoms. The Labute approximate surface area is 125 Å². The second-order valence-electron chi connectivity index (χ2n) is 4.58. The van der Waals surface area contributed by atoms with Crippen molar-refractivity contribution in [1.29, 1.82) is 0 Å². The molecule has 0 aliphatic carbocycles. The number of hydrogen-bond donors (Lipinski definition) is 1. The molecule has 6 nitrogen and oxygen atoms in total. The molecule has 0 unspecified atom stereocenters. The summed E-state index contributed by atoms with van der Waals surface area (Å²) in [5.74, 6) is -0.561. The molecule has 0 spiro atoms. The summed E-state index contributed by atoms with van der Waals surface area (Å²) in [5.41, 5.74) is 1.86. The highest BCUT2D eigenvalue weighted by atomic mass is 19.1. The molecule has 0 radical (unpaired) electrons. The lowest BCUT2D eigenvalue weighted by atomic mass is 10.1. The number of amides is 1. The van der Waals surface area contributed by atoms with Crippen molar-refractivity contribution in [3.63, 3.8) is 0 Å². The van der Waals surface area contributed by atoms with Gasteiger partial charge in [0.15, 0.2) is 0 Å². The maximum atomic E-state index is 12.9. The molecule has 3 aromatic rings. The molecule has 1 N–H and O–H groups in total. The molecular weight excluding hydrogens is 285 g/mol. The molecule has 0 saturated heterocycles. The van der Waals surface area contributed by atoms with Crippen LogP contribution in [0.3, 0.4) is 0 Å². The predicted octanol–water partition coefficient (Wildman–Crippen LogP) is 1.73. The second-order valence-corrected chi connectivity index (χ2v) is 4.58. The standard InChI is InChI=1S/C15H12FN5O/c16-12-7-5-11(6-8-12)9-17-15(22)13-3-1-2-4-14(13)21-10-18-19-20-21/h1-8,10H,9H2,(H,17,22). The van der Waals surface area contributed by atoms with Gasteiger partial charge in [-0.25, -0.2) is 4.39 Å². The molecule has 3 rings (SSSR count). The van der Waals surface area contributed by atoms with Crippen LogP contribution in [0.15, 0.2) is 54.9 Å². The predicted molar refractivity (Wildman–Crippen MR) is 76.7 cm³/mol. The summed E-state index contributed by atoms with van der Waals surface area (Å²) in [4.78, 5) is 12.3. The maximum absolute atomic E-state index is 12.9. The Kier molecular flexibility index (Phi) is 3.86. The molecule has 2 aromatic carbocycles. The average molecular weight is 297 g/mol. The Balaban J connectivity index is 1.77. The van der Waals surface area contributed by atoms with E-state index in [2.05, 4.69) is 20.8 Å². The first-order valence-electron chi connectivity index (χ1n) is 6.59. The van der Waals surface area contributed by atoms with Gasteiger partial charge in [0, 0.05) is 6.54 Å². The van der Waals surface area contributed by atoms with Crippen molar-refractivity contribution in [1.82, 2.24) is 25.5 Å². The zero-order valence-electron chi connectivity index (χ0n) is 11.5. The number of rotatable bonds is 4. The first-order chi connectivity index (χ1) is 10.7. The minimum Gasteiger partial charge on any atom is -0.348 e. The van der Waals surface area contributed by atoms with E-state index in [1.807, 2.05) is 0 Å². The lowest BCUT2D eigenvalue weighted by molar-refractivity contribution is 0.0950. The lowest BCUT2D eigenvalue weighted by Crippen LogP contribution is -2.24. The normalized spacial score (nSPS) is 10.4. The van der Waals surface area contributed by atoms with E-state index in [4.69, 9.17) is 0 Å². The molecule has 110 valence electrons. The number of nitrogens with one attached hydrogen (secondary N) is 1. The molecular formula is C15H12FN5O. The van der Waals surface area contributed by atoms with Crippen LogP contribution < -0.4 is 5.32 Å². The summed E-state index contributed by atoms with van der Waals surface area (Å²) in [5, 5.41) is 13.7. The zero-order valence-corrected chi connectivity index (χ0v) is 11.5. The first-order valence-corrected chi connectivity index (χ1v) is 6.59. The molecule has 0 atom stereocenters. The first kappa shape index (κ1) is 13.9. The molecule has 0 aliphatic heterocycles. The van der Waals surface area contributed by atoms with Crippen LogP contribution in [-0.2, 0) is 6.54 Å². The van der Waals surface area contributed by atoms with E-state index in [0.717, 1.165) is 5.56 Å². The van der Waals surface area contributed by atoms with Crippen molar-refractivity contribution in [2.75, 3.05) is 0 Å². The van der Waals surface area contributed by atoms with Crippen molar-refractivity contribution < 1.29 is 9.18 Å². The van der Waals surface area contributed by atoms with Crippen LogP contribution >= 0.6 is 0 Å². The largest absolute Gasteiger partial charge is 0.348 e. The van der Waals surface area contributed by atoms with Gasteiger partial charge in [-0.1, -0.05) is 24.3 Å². The van der Waals surface area contributed by atoms with E-state index >= 15 is 0 Å². The van der Waals surface area contributed by atoms with Gasteiger partial charge in [-0.3, -0.25) is 4.79 Å². The van der Waals surface area contributed by atoms with Gasteiger partial charge in [0.2, 0.25) is 0 Å². The van der Waals surface area contributed by atoms with Gasteiger partial charge >= 0.3 is 0 Å². The van der Waals surface area contributed by atoms with Gasteiger partial charge in [0.1, 0.15) is 12.1 Å². The van der Waals surface area contributed by atoms with Gasteiger partial charge < -0.3 is 5.32 Å². The third-order valence-electron chi connectivity index (χ3n) is 3.11. The van der Waals surface area contributed by atoms with Gasteiger partial charge in [-0.2, -0.15) is 4.68 Å². The Morgan fingerprint density at radius 2 is 1.91 bits per heavy atom. The van der Waals surface area contributed by atoms with Crippen molar-refractivity contribution in [2.24, 2.45) is 0 Å². The van der Waals surface area contributed by atoms with E-state index in [1.165, 1.54) is 23.1 Å². The fraction of sp³-hybridized carbons (Fsp3) is 0.0667. The smallest absolute Gasteiger partial charge is 0.253 e. The summed E-state index contributed by atoms with van der Waals surface area (Å²) in [6.07, 6.45) is 1.42. The molecule has 1 aromatic heterocycles. The van der Waals surface area contributed by atoms with Crippen molar-refractivity contribution in [2.45, 2.75) is 6.54 Å². The van der Waals surface area contributed by atoms with Gasteiger partial charge in [-0.05, 0) is 40.3 Å². The van der Waals surface area contributed by atoms with Crippen LogP contribution in [0.2, 0.25) is 0 Å². The number of carbonyl (C=O) groups is 1. The van der Waals surface area contributed by atoms with Crippen LogP contribution in [0.1, 0.15) is 15.9 Å². The molecule has 0 saturated carbocycles. The minimum atomic E-state index is -0.306. The van der Waals surface area contributed by atoms with Crippen molar-refractivity contribution in [3.8, 4) is 5.69 Å². The lowest BCUT2D eigenvalue weighted by Gasteiger charge is -2.09. The summed E-state index contributed by atoms with van der Waals surface area (Å²) >= 11 is 0. The molecule has 0 fully saturated rings. The summed E-state index contributed by atoms with van der Waals surface area (Å²) < 4.78 is 14.3. The topological polar surface area (TPSA) is 72.7 Å². The number of halogens is 1. The number of aromatic nitrogens is 4. The van der Waals surface area contributed by atoms with E-state index in [-0.39, 0.29) is 11.7 Å². The molecule has 22 heavy (non-hydrogen) atoms. The summed E-state index contributed by atoms with van der Waals surface area (Å²) in [6, 6.07) is 13.0. The molecule has 0 aliphatic rings. The van der Waals surface area contributed by atoms with Crippen LogP contribution in [0.5, 0.6) is 0 Å². The monoisotopic (exact) mass is 297 g/mol. The fourth-order valence-corrected chi connectivity index (χ4v) is 2.02. The third kappa shape index (κ3) is 2.98. The molecule has 1 amide bonds. The highest BCUT2D eigenvalue weighted by molar-refractivity contribution is 5.97. The summed E-state index contributed by atoms with van der Waals surface area (Å²) in [6.45, 7) is 0.309. The number of benzene rings is 2. The average Bonchev–Trinajstić information content (AvgIpc) is 3.08. The fourth-order valence-electron chi connectivity index (χ4n) is 2.02. The van der Waals surface area contributed by atoms with Crippen LogP contribution in [-0.4, -0.2) is 26.1 Å². The highest BCUT2D eigenvalue weighted by Crippen LogP contribution is 2.13. The quantitative estimate of drug-likeness (QED) is 0.796. The van der Waals surface area contributed by atoms with E-state index < -0.39 is 0 Å². The SMILES string of the molecule is O=C(NCc1ccc(F)cc1)c1ccccc1-n1cnnn1. The maximum Gasteiger partial charge on any atom is 0.253 e. The molecule has 0 bridgehead atoms. The van der Waals surface area contributed by atoms with E-state index in [9.17, 15) is 9.18 Å². The minimum absolute atomic E-state index is 0.254. The number of carbonyl (C=O) groups excluding carboxylic acids is 1. The second kappa shape index (κ2) is 6.13. The number of nitrogens with zero attached hydrogens (tertiary/aromatic N) is 4. The Hall–Kier alpha value is -3.09. The number of tetrazole rings is 1. The molecule has 1 heterocycles. The van der Waals surface area contributed by atoms with Crippen molar-refractivity contribution >= 4 is 5.91 Å². The van der Waals surface area contributed by atoms with Crippen LogP contribution in [0.4, 0.5) is 4.39 Å². The van der Waals surface area contributed by atoms with Crippen molar-refractivity contribution in [3.05, 3.63) is 71.8 Å². The van der Waals surface area contributed by atoms with Gasteiger partial charge in [0.25, 0.3) is 5.91 Å². The number of para-hydroxylation sites is 1. The highest BCUT2D eigenvalue weighted by Gasteiger charge is 2.12.